The van der Waals surface area contributed by atoms with E-state index in [1.165, 1.54) is 10.9 Å². The van der Waals surface area contributed by atoms with E-state index in [1.807, 2.05) is 12.1 Å². The molecular weight excluding hydrogens is 208 g/mol. The summed E-state index contributed by atoms with van der Waals surface area (Å²) >= 11 is 5.93. The highest BCUT2D eigenvalue weighted by Gasteiger charge is 2.10. The van der Waals surface area contributed by atoms with Crippen molar-refractivity contribution in [1.29, 1.82) is 0 Å². The molecule has 0 saturated heterocycles. The molecule has 1 atom stereocenters. The number of aromatic amines is 1. The third-order valence-corrected chi connectivity index (χ3v) is 3.04. The van der Waals surface area contributed by atoms with Crippen molar-refractivity contribution in [3.05, 3.63) is 35.0 Å². The summed E-state index contributed by atoms with van der Waals surface area (Å²) in [6, 6.07) is 5.95. The molecule has 2 rings (SSSR count). The van der Waals surface area contributed by atoms with E-state index in [1.54, 1.807) is 0 Å². The first-order valence-corrected chi connectivity index (χ1v) is 5.56. The van der Waals surface area contributed by atoms with Crippen LogP contribution in [0.3, 0.4) is 0 Å². The molecule has 2 aromatic rings. The number of nitrogens with two attached hydrogens (primary N) is 1. The van der Waals surface area contributed by atoms with Gasteiger partial charge in [-0.25, -0.2) is 0 Å². The smallest absolute Gasteiger partial charge is 0.0471 e. The normalized spacial score (nSPS) is 13.3. The van der Waals surface area contributed by atoms with Crippen LogP contribution in [0.5, 0.6) is 0 Å². The Bertz CT molecular complexity index is 462. The zero-order valence-corrected chi connectivity index (χ0v) is 9.51. The second-order valence-corrected chi connectivity index (χ2v) is 4.35. The molecule has 0 fully saturated rings. The van der Waals surface area contributed by atoms with Gasteiger partial charge < -0.3 is 10.7 Å². The van der Waals surface area contributed by atoms with Gasteiger partial charge in [0.1, 0.15) is 0 Å². The monoisotopic (exact) mass is 222 g/mol. The minimum absolute atomic E-state index is 0.491. The number of fused-ring (bicyclic) bond motifs is 1. The summed E-state index contributed by atoms with van der Waals surface area (Å²) in [6.07, 6.45) is 3.07. The van der Waals surface area contributed by atoms with Crippen LogP contribution in [0.1, 0.15) is 24.8 Å². The predicted octanol–water partition coefficient (Wildman–Crippen LogP) is 3.27. The summed E-state index contributed by atoms with van der Waals surface area (Å²) in [5.41, 5.74) is 8.00. The second kappa shape index (κ2) is 4.25. The van der Waals surface area contributed by atoms with Crippen LogP contribution in [-0.4, -0.2) is 11.5 Å². The fourth-order valence-electron chi connectivity index (χ4n) is 1.93. The zero-order chi connectivity index (χ0) is 10.8. The molecule has 1 aromatic heterocycles. The van der Waals surface area contributed by atoms with Gasteiger partial charge in [0, 0.05) is 22.1 Å². The molecule has 2 nitrogen and oxygen atoms in total. The van der Waals surface area contributed by atoms with Crippen molar-refractivity contribution in [3.63, 3.8) is 0 Å². The predicted molar refractivity (Wildman–Crippen MR) is 65.4 cm³/mol. The van der Waals surface area contributed by atoms with E-state index in [9.17, 15) is 0 Å². The first-order valence-electron chi connectivity index (χ1n) is 5.19. The molecule has 1 unspecified atom stereocenters. The maximum absolute atomic E-state index is 5.93. The standard InChI is InChI=1S/C12H15ClN2/c1-8(4-5-14)11-7-15-12-6-9(13)2-3-10(11)12/h2-3,6-8,15H,4-5,14H2,1H3. The molecule has 15 heavy (non-hydrogen) atoms. The minimum atomic E-state index is 0.491. The molecule has 1 heterocycles. The number of nitrogens with one attached hydrogen (secondary N) is 1. The molecule has 3 heteroatoms. The molecule has 3 N–H and O–H groups in total. The first-order chi connectivity index (χ1) is 7.22. The van der Waals surface area contributed by atoms with Crippen LogP contribution < -0.4 is 5.73 Å². The van der Waals surface area contributed by atoms with E-state index in [2.05, 4.69) is 24.2 Å². The molecule has 0 aliphatic heterocycles. The largest absolute Gasteiger partial charge is 0.361 e. The molecule has 1 aromatic carbocycles. The summed E-state index contributed by atoms with van der Waals surface area (Å²) in [4.78, 5) is 3.24. The van der Waals surface area contributed by atoms with Crippen molar-refractivity contribution in [2.75, 3.05) is 6.54 Å². The fraction of sp³-hybridized carbons (Fsp3) is 0.333. The van der Waals surface area contributed by atoms with Crippen LogP contribution >= 0.6 is 11.6 Å². The van der Waals surface area contributed by atoms with Crippen molar-refractivity contribution in [3.8, 4) is 0 Å². The summed E-state index contributed by atoms with van der Waals surface area (Å²) in [5.74, 6) is 0.491. The maximum atomic E-state index is 5.93. The van der Waals surface area contributed by atoms with E-state index >= 15 is 0 Å². The number of hydrogen-bond acceptors (Lipinski definition) is 1. The van der Waals surface area contributed by atoms with Crippen LogP contribution in [0.2, 0.25) is 5.02 Å². The summed E-state index contributed by atoms with van der Waals surface area (Å²) in [5, 5.41) is 2.02. The van der Waals surface area contributed by atoms with E-state index in [4.69, 9.17) is 17.3 Å². The van der Waals surface area contributed by atoms with E-state index in [-0.39, 0.29) is 0 Å². The number of rotatable bonds is 3. The van der Waals surface area contributed by atoms with Crippen molar-refractivity contribution in [1.82, 2.24) is 4.98 Å². The van der Waals surface area contributed by atoms with Gasteiger partial charge in [-0.05, 0) is 36.6 Å². The van der Waals surface area contributed by atoms with E-state index in [0.717, 1.165) is 23.5 Å². The van der Waals surface area contributed by atoms with Gasteiger partial charge in [-0.1, -0.05) is 24.6 Å². The van der Waals surface area contributed by atoms with Crippen LogP contribution in [0, 0.1) is 0 Å². The van der Waals surface area contributed by atoms with E-state index in [0.29, 0.717) is 5.92 Å². The lowest BCUT2D eigenvalue weighted by Crippen LogP contribution is -2.03. The summed E-state index contributed by atoms with van der Waals surface area (Å²) < 4.78 is 0. The second-order valence-electron chi connectivity index (χ2n) is 3.91. The average molecular weight is 223 g/mol. The molecule has 0 spiro atoms. The summed E-state index contributed by atoms with van der Waals surface area (Å²) in [7, 11) is 0. The lowest BCUT2D eigenvalue weighted by molar-refractivity contribution is 0.695. The van der Waals surface area contributed by atoms with Gasteiger partial charge in [-0.2, -0.15) is 0 Å². The molecule has 0 bridgehead atoms. The van der Waals surface area contributed by atoms with Gasteiger partial charge in [-0.15, -0.1) is 0 Å². The third-order valence-electron chi connectivity index (χ3n) is 2.81. The van der Waals surface area contributed by atoms with Crippen LogP contribution in [0.25, 0.3) is 10.9 Å². The molecule has 0 aliphatic rings. The van der Waals surface area contributed by atoms with Crippen molar-refractivity contribution >= 4 is 22.5 Å². The third kappa shape index (κ3) is 2.01. The fourth-order valence-corrected chi connectivity index (χ4v) is 2.11. The highest BCUT2D eigenvalue weighted by Crippen LogP contribution is 2.28. The van der Waals surface area contributed by atoms with Crippen molar-refractivity contribution in [2.24, 2.45) is 5.73 Å². The number of H-pyrrole nitrogens is 1. The Hall–Kier alpha value is -0.990. The molecule has 80 valence electrons. The Morgan fingerprint density at radius 3 is 3.00 bits per heavy atom. The Labute approximate surface area is 94.4 Å². The van der Waals surface area contributed by atoms with Crippen LogP contribution in [0.4, 0.5) is 0 Å². The Morgan fingerprint density at radius 1 is 1.47 bits per heavy atom. The van der Waals surface area contributed by atoms with Crippen LogP contribution in [0.15, 0.2) is 24.4 Å². The molecule has 0 saturated carbocycles. The number of benzene rings is 1. The zero-order valence-electron chi connectivity index (χ0n) is 8.76. The topological polar surface area (TPSA) is 41.8 Å². The Kier molecular flexibility index (Phi) is 2.98. The number of aromatic nitrogens is 1. The highest BCUT2D eigenvalue weighted by atomic mass is 35.5. The Balaban J connectivity index is 2.44. The molecule has 0 amide bonds. The average Bonchev–Trinajstić information content (AvgIpc) is 2.60. The SMILES string of the molecule is CC(CCN)c1c[nH]c2cc(Cl)ccc12. The van der Waals surface area contributed by atoms with Crippen molar-refractivity contribution in [2.45, 2.75) is 19.3 Å². The van der Waals surface area contributed by atoms with Gasteiger partial charge in [0.25, 0.3) is 0 Å². The maximum Gasteiger partial charge on any atom is 0.0471 e. The quantitative estimate of drug-likeness (QED) is 0.823. The Morgan fingerprint density at radius 2 is 2.27 bits per heavy atom. The van der Waals surface area contributed by atoms with Gasteiger partial charge in [0.15, 0.2) is 0 Å². The number of hydrogen-bond donors (Lipinski definition) is 2. The molecule has 0 radical (unpaired) electrons. The van der Waals surface area contributed by atoms with Gasteiger partial charge >= 0.3 is 0 Å². The van der Waals surface area contributed by atoms with Crippen LogP contribution in [-0.2, 0) is 0 Å². The van der Waals surface area contributed by atoms with Gasteiger partial charge in [-0.3, -0.25) is 0 Å². The lowest BCUT2D eigenvalue weighted by Gasteiger charge is -2.08. The highest BCUT2D eigenvalue weighted by molar-refractivity contribution is 6.31. The lowest BCUT2D eigenvalue weighted by atomic mass is 9.97. The molecular formula is C12H15ClN2. The summed E-state index contributed by atoms with van der Waals surface area (Å²) in [6.45, 7) is 2.92. The van der Waals surface area contributed by atoms with Crippen molar-refractivity contribution < 1.29 is 0 Å². The van der Waals surface area contributed by atoms with E-state index < -0.39 is 0 Å². The molecule has 0 aliphatic carbocycles. The van der Waals surface area contributed by atoms with Gasteiger partial charge in [0.05, 0.1) is 0 Å². The van der Waals surface area contributed by atoms with Gasteiger partial charge in [0.2, 0.25) is 0 Å². The number of halogens is 1. The first kappa shape index (κ1) is 10.5. The minimum Gasteiger partial charge on any atom is -0.361 e.